The van der Waals surface area contributed by atoms with E-state index in [1.807, 2.05) is 38.1 Å². The molecule has 0 amide bonds. The predicted octanol–water partition coefficient (Wildman–Crippen LogP) is 6.06. The van der Waals surface area contributed by atoms with E-state index in [9.17, 15) is 14.3 Å². The molecule has 5 nitrogen and oxygen atoms in total. The Balaban J connectivity index is 2.03. The zero-order chi connectivity index (χ0) is 24.1. The number of para-hydroxylation sites is 1. The number of aliphatic carboxylic acids is 1. The molecule has 0 saturated carbocycles. The molecule has 2 N–H and O–H groups in total. The van der Waals surface area contributed by atoms with Crippen LogP contribution in [0.4, 0.5) is 4.39 Å². The van der Waals surface area contributed by atoms with Crippen molar-refractivity contribution in [3.63, 3.8) is 0 Å². The number of carboxylic acid groups (broad SMARTS) is 1. The minimum absolute atomic E-state index is 0.140. The van der Waals surface area contributed by atoms with Crippen LogP contribution >= 0.6 is 0 Å². The fourth-order valence-corrected chi connectivity index (χ4v) is 4.24. The summed E-state index contributed by atoms with van der Waals surface area (Å²) in [4.78, 5) is 11.2. The highest BCUT2D eigenvalue weighted by atomic mass is 19.1. The van der Waals surface area contributed by atoms with Gasteiger partial charge in [0.25, 0.3) is 0 Å². The Hall–Kier alpha value is -2.96. The molecule has 0 radical (unpaired) electrons. The minimum atomic E-state index is -0.963. The van der Waals surface area contributed by atoms with Gasteiger partial charge in [-0.1, -0.05) is 36.4 Å². The van der Waals surface area contributed by atoms with Gasteiger partial charge < -0.3 is 19.5 Å². The van der Waals surface area contributed by atoms with Crippen molar-refractivity contribution in [1.29, 1.82) is 0 Å². The molecule has 6 heteroatoms. The lowest BCUT2D eigenvalue weighted by Crippen LogP contribution is -2.25. The summed E-state index contributed by atoms with van der Waals surface area (Å²) in [5.74, 6) is -1.26. The van der Waals surface area contributed by atoms with E-state index >= 15 is 0 Å². The Morgan fingerprint density at radius 1 is 1.09 bits per heavy atom. The number of benzene rings is 2. The lowest BCUT2D eigenvalue weighted by Gasteiger charge is -2.20. The topological polar surface area (TPSA) is 71.7 Å². The van der Waals surface area contributed by atoms with Gasteiger partial charge >= 0.3 is 5.97 Å². The van der Waals surface area contributed by atoms with Gasteiger partial charge in [-0.2, -0.15) is 0 Å². The molecule has 2 aromatic carbocycles. The van der Waals surface area contributed by atoms with Gasteiger partial charge in [-0.15, -0.1) is 0 Å². The van der Waals surface area contributed by atoms with Gasteiger partial charge in [0.05, 0.1) is 24.7 Å². The molecule has 0 spiro atoms. The van der Waals surface area contributed by atoms with Gasteiger partial charge in [0.2, 0.25) is 0 Å². The zero-order valence-electron chi connectivity index (χ0n) is 19.5. The van der Waals surface area contributed by atoms with E-state index in [0.29, 0.717) is 0 Å². The molecule has 1 aromatic heterocycles. The molecule has 0 aliphatic rings. The maximum atomic E-state index is 13.6. The summed E-state index contributed by atoms with van der Waals surface area (Å²) >= 11 is 0. The van der Waals surface area contributed by atoms with Crippen molar-refractivity contribution in [1.82, 2.24) is 4.57 Å². The fourth-order valence-electron chi connectivity index (χ4n) is 4.24. The van der Waals surface area contributed by atoms with Crippen molar-refractivity contribution >= 4 is 22.9 Å². The van der Waals surface area contributed by atoms with Crippen molar-refractivity contribution in [3.05, 3.63) is 66.1 Å². The zero-order valence-corrected chi connectivity index (χ0v) is 19.5. The number of carboxylic acids is 1. The van der Waals surface area contributed by atoms with Crippen LogP contribution < -0.4 is 0 Å². The number of rotatable bonds is 10. The molecule has 33 heavy (non-hydrogen) atoms. The molecule has 1 heterocycles. The second-order valence-electron chi connectivity index (χ2n) is 8.81. The highest BCUT2D eigenvalue weighted by Crippen LogP contribution is 2.38. The van der Waals surface area contributed by atoms with Gasteiger partial charge in [0.15, 0.2) is 0 Å². The Labute approximate surface area is 194 Å². The summed E-state index contributed by atoms with van der Waals surface area (Å²) < 4.78 is 21.5. The molecule has 2 unspecified atom stereocenters. The summed E-state index contributed by atoms with van der Waals surface area (Å²) in [5.41, 5.74) is 3.79. The first-order valence-electron chi connectivity index (χ1n) is 11.3. The summed E-state index contributed by atoms with van der Waals surface area (Å²) in [7, 11) is 0. The third kappa shape index (κ3) is 6.09. The average molecular weight is 454 g/mol. The summed E-state index contributed by atoms with van der Waals surface area (Å²) in [6, 6.07) is 14.6. The number of carbonyl (C=O) groups is 1. The molecule has 0 aliphatic carbocycles. The van der Waals surface area contributed by atoms with Crippen LogP contribution in [-0.2, 0) is 9.53 Å². The normalized spacial score (nSPS) is 13.9. The van der Waals surface area contributed by atoms with Crippen LogP contribution in [0.3, 0.4) is 0 Å². The van der Waals surface area contributed by atoms with E-state index in [2.05, 4.69) is 24.5 Å². The molecule has 0 fully saturated rings. The molecule has 3 aromatic rings. The first-order valence-corrected chi connectivity index (χ1v) is 11.3. The van der Waals surface area contributed by atoms with Crippen LogP contribution in [0.2, 0.25) is 0 Å². The molecule has 2 atom stereocenters. The first-order chi connectivity index (χ1) is 15.7. The largest absolute Gasteiger partial charge is 0.481 e. The highest BCUT2D eigenvalue weighted by Gasteiger charge is 2.21. The number of aromatic nitrogens is 1. The Bertz CT molecular complexity index is 1120. The number of ether oxygens (including phenoxy) is 1. The van der Waals surface area contributed by atoms with E-state index in [-0.39, 0.29) is 30.8 Å². The fraction of sp³-hybridized carbons (Fsp3) is 0.370. The summed E-state index contributed by atoms with van der Waals surface area (Å²) in [5, 5.41) is 20.9. The first kappa shape index (κ1) is 24.7. The molecule has 0 bridgehead atoms. The number of hydrogen-bond donors (Lipinski definition) is 2. The third-order valence-electron chi connectivity index (χ3n) is 5.45. The molecule has 176 valence electrons. The van der Waals surface area contributed by atoms with Crippen LogP contribution in [0.5, 0.6) is 0 Å². The van der Waals surface area contributed by atoms with E-state index in [1.165, 1.54) is 12.1 Å². The number of aliphatic hydroxyl groups is 1. The highest BCUT2D eigenvalue weighted by molar-refractivity contribution is 6.01. The van der Waals surface area contributed by atoms with Gasteiger partial charge in [-0.3, -0.25) is 4.79 Å². The van der Waals surface area contributed by atoms with E-state index in [1.54, 1.807) is 18.2 Å². The minimum Gasteiger partial charge on any atom is -0.481 e. The lowest BCUT2D eigenvalue weighted by atomic mass is 10.0. The second-order valence-corrected chi connectivity index (χ2v) is 8.81. The number of halogens is 1. The Kier molecular flexibility index (Phi) is 8.06. The molecular formula is C27H32FNO4. The molecule has 0 aliphatic heterocycles. The smallest absolute Gasteiger partial charge is 0.305 e. The van der Waals surface area contributed by atoms with Gasteiger partial charge in [-0.25, -0.2) is 4.39 Å². The molecular weight excluding hydrogens is 421 g/mol. The Morgan fingerprint density at radius 3 is 2.36 bits per heavy atom. The average Bonchev–Trinajstić information content (AvgIpc) is 3.06. The summed E-state index contributed by atoms with van der Waals surface area (Å²) in [6.45, 7) is 7.86. The van der Waals surface area contributed by atoms with Crippen LogP contribution in [0.25, 0.3) is 28.1 Å². The number of nitrogens with zero attached hydrogens (tertiary/aromatic N) is 1. The molecule has 3 rings (SSSR count). The standard InChI is InChI=1S/C27H32FNO4/c1-17(2)29-24-8-6-5-7-23(24)27(19-9-11-20(28)12-10-19)25(29)14-13-21(30)15-22(16-26(31)32)33-18(3)4/h5-14,17-18,21-22,30H,15-16H2,1-4H3,(H,31,32)/b14-13+. The second kappa shape index (κ2) is 10.8. The van der Waals surface area contributed by atoms with E-state index in [0.717, 1.165) is 27.7 Å². The molecule has 0 saturated heterocycles. The van der Waals surface area contributed by atoms with Crippen molar-refractivity contribution in [2.45, 2.75) is 64.9 Å². The van der Waals surface area contributed by atoms with Crippen LogP contribution in [0.1, 0.15) is 52.3 Å². The quantitative estimate of drug-likeness (QED) is 0.391. The van der Waals surface area contributed by atoms with Crippen molar-refractivity contribution in [2.75, 3.05) is 0 Å². The predicted molar refractivity (Wildman–Crippen MR) is 130 cm³/mol. The number of aliphatic hydroxyl groups excluding tert-OH is 1. The number of fused-ring (bicyclic) bond motifs is 1. The van der Waals surface area contributed by atoms with Gasteiger partial charge in [0, 0.05) is 34.6 Å². The maximum absolute atomic E-state index is 13.6. The maximum Gasteiger partial charge on any atom is 0.305 e. The lowest BCUT2D eigenvalue weighted by molar-refractivity contribution is -0.141. The monoisotopic (exact) mass is 453 g/mol. The van der Waals surface area contributed by atoms with Crippen molar-refractivity contribution < 1.29 is 24.1 Å². The van der Waals surface area contributed by atoms with Crippen LogP contribution in [-0.4, -0.2) is 39.1 Å². The van der Waals surface area contributed by atoms with Crippen molar-refractivity contribution in [2.24, 2.45) is 0 Å². The van der Waals surface area contributed by atoms with Crippen LogP contribution in [0, 0.1) is 5.82 Å². The van der Waals surface area contributed by atoms with Crippen LogP contribution in [0.15, 0.2) is 54.6 Å². The SMILES string of the molecule is CC(C)OC(CC(=O)O)CC(O)/C=C/c1c(-c2ccc(F)cc2)c2ccccc2n1C(C)C. The van der Waals surface area contributed by atoms with Crippen molar-refractivity contribution in [3.8, 4) is 11.1 Å². The summed E-state index contributed by atoms with van der Waals surface area (Å²) in [6.07, 6.45) is 1.95. The third-order valence-corrected chi connectivity index (χ3v) is 5.45. The van der Waals surface area contributed by atoms with E-state index < -0.39 is 18.2 Å². The Morgan fingerprint density at radius 2 is 1.76 bits per heavy atom. The number of hydrogen-bond acceptors (Lipinski definition) is 3. The van der Waals surface area contributed by atoms with Gasteiger partial charge in [-0.05, 0) is 57.5 Å². The van der Waals surface area contributed by atoms with E-state index in [4.69, 9.17) is 9.84 Å². The van der Waals surface area contributed by atoms with Gasteiger partial charge in [0.1, 0.15) is 5.82 Å².